The van der Waals surface area contributed by atoms with Gasteiger partial charge in [-0.15, -0.1) is 0 Å². The van der Waals surface area contributed by atoms with Gasteiger partial charge >= 0.3 is 0 Å². The second-order valence-corrected chi connectivity index (χ2v) is 6.42. The van der Waals surface area contributed by atoms with Gasteiger partial charge in [-0.05, 0) is 47.5 Å². The molecule has 0 spiro atoms. The molecule has 0 atom stereocenters. The Morgan fingerprint density at radius 1 is 1.04 bits per heavy atom. The summed E-state index contributed by atoms with van der Waals surface area (Å²) in [4.78, 5) is 4.96. The lowest BCUT2D eigenvalue weighted by Gasteiger charge is -2.11. The van der Waals surface area contributed by atoms with Crippen LogP contribution in [0.25, 0.3) is 20.9 Å². The predicted octanol–water partition coefficient (Wildman–Crippen LogP) is 4.73. The Hall–Kier alpha value is -3.10. The van der Waals surface area contributed by atoms with Crippen molar-refractivity contribution in [3.8, 4) is 5.75 Å². The van der Waals surface area contributed by atoms with E-state index < -0.39 is 15.8 Å². The summed E-state index contributed by atoms with van der Waals surface area (Å²) in [6.45, 7) is 0. The minimum absolute atomic E-state index is 0.0596. The van der Waals surface area contributed by atoms with E-state index in [0.29, 0.717) is 5.02 Å². The van der Waals surface area contributed by atoms with Gasteiger partial charge in [-0.1, -0.05) is 21.8 Å². The Morgan fingerprint density at radius 3 is 2.00 bits per heavy atom. The SMILES string of the molecule is [N-]=[N+]=Nc1cc(NS(=O)(=O)c2ccc(Cl)cc2)cc(N=[N+]=[N-])c1O. The summed E-state index contributed by atoms with van der Waals surface area (Å²) in [5.74, 6) is -0.569. The molecule has 0 fully saturated rings. The molecule has 2 aromatic carbocycles. The zero-order chi connectivity index (χ0) is 17.7. The predicted molar refractivity (Wildman–Crippen MR) is 88.0 cm³/mol. The maximum atomic E-state index is 12.3. The smallest absolute Gasteiger partial charge is 0.261 e. The third-order valence-electron chi connectivity index (χ3n) is 2.75. The molecule has 2 rings (SSSR count). The molecule has 2 aromatic rings. The van der Waals surface area contributed by atoms with Crippen LogP contribution in [0.15, 0.2) is 51.5 Å². The first-order valence-electron chi connectivity index (χ1n) is 6.13. The Balaban J connectivity index is 2.50. The normalized spacial score (nSPS) is 10.4. The number of nitrogens with one attached hydrogen (secondary N) is 1. The number of sulfonamides is 1. The fraction of sp³-hybridized carbons (Fsp3) is 0. The maximum Gasteiger partial charge on any atom is 0.261 e. The van der Waals surface area contributed by atoms with Crippen LogP contribution in [0, 0.1) is 0 Å². The van der Waals surface area contributed by atoms with E-state index in [2.05, 4.69) is 24.8 Å². The summed E-state index contributed by atoms with van der Waals surface area (Å²) in [6.07, 6.45) is 0. The van der Waals surface area contributed by atoms with Crippen molar-refractivity contribution in [1.82, 2.24) is 0 Å². The first-order chi connectivity index (χ1) is 11.4. The number of nitrogens with zero attached hydrogens (tertiary/aromatic N) is 6. The fourth-order valence-corrected chi connectivity index (χ4v) is 2.91. The average molecular weight is 366 g/mol. The van der Waals surface area contributed by atoms with E-state index in [1.54, 1.807) is 0 Å². The first kappa shape index (κ1) is 17.3. The van der Waals surface area contributed by atoms with Crippen LogP contribution in [0.4, 0.5) is 17.1 Å². The Morgan fingerprint density at radius 2 is 1.54 bits per heavy atom. The van der Waals surface area contributed by atoms with Crippen LogP contribution in [0.5, 0.6) is 5.75 Å². The largest absolute Gasteiger partial charge is 0.507 e. The van der Waals surface area contributed by atoms with E-state index in [0.717, 1.165) is 12.1 Å². The highest BCUT2D eigenvalue weighted by molar-refractivity contribution is 7.92. The molecule has 0 bridgehead atoms. The van der Waals surface area contributed by atoms with Gasteiger partial charge in [0.25, 0.3) is 10.0 Å². The zero-order valence-corrected chi connectivity index (χ0v) is 13.3. The van der Waals surface area contributed by atoms with Crippen molar-refractivity contribution >= 4 is 38.7 Å². The van der Waals surface area contributed by atoms with Crippen molar-refractivity contribution in [2.24, 2.45) is 10.2 Å². The molecule has 0 unspecified atom stereocenters. The highest BCUT2D eigenvalue weighted by Crippen LogP contribution is 2.40. The summed E-state index contributed by atoms with van der Waals surface area (Å²) in [5.41, 5.74) is 16.3. The topological polar surface area (TPSA) is 164 Å². The number of azide groups is 2. The number of aromatic hydroxyl groups is 1. The van der Waals surface area contributed by atoms with E-state index in [1.807, 2.05) is 0 Å². The summed E-state index contributed by atoms with van der Waals surface area (Å²) in [5, 5.41) is 16.6. The van der Waals surface area contributed by atoms with E-state index in [-0.39, 0.29) is 22.0 Å². The van der Waals surface area contributed by atoms with Gasteiger partial charge in [0.2, 0.25) is 0 Å². The lowest BCUT2D eigenvalue weighted by atomic mass is 10.2. The number of rotatable bonds is 5. The lowest BCUT2D eigenvalue weighted by molar-refractivity contribution is 0.478. The molecule has 0 aliphatic rings. The molecule has 122 valence electrons. The summed E-state index contributed by atoms with van der Waals surface area (Å²) in [7, 11) is -3.97. The second kappa shape index (κ2) is 6.99. The lowest BCUT2D eigenvalue weighted by Crippen LogP contribution is -2.12. The monoisotopic (exact) mass is 365 g/mol. The molecule has 0 heterocycles. The number of benzene rings is 2. The standard InChI is InChI=1S/C12H8ClN7O3S/c13-7-1-3-9(4-2-7)24(22,23)18-8-5-10(16-19-14)12(21)11(6-8)17-20-15/h1-6,18,21H. The molecule has 12 heteroatoms. The van der Waals surface area contributed by atoms with Crippen molar-refractivity contribution in [2.75, 3.05) is 4.72 Å². The van der Waals surface area contributed by atoms with Crippen molar-refractivity contribution in [3.05, 3.63) is 62.3 Å². The van der Waals surface area contributed by atoms with Gasteiger partial charge < -0.3 is 5.11 Å². The summed E-state index contributed by atoms with van der Waals surface area (Å²) >= 11 is 5.71. The summed E-state index contributed by atoms with van der Waals surface area (Å²) in [6, 6.07) is 7.60. The number of phenols is 1. The van der Waals surface area contributed by atoms with Gasteiger partial charge in [0.1, 0.15) is 5.75 Å². The minimum Gasteiger partial charge on any atom is -0.507 e. The van der Waals surface area contributed by atoms with Gasteiger partial charge in [0.05, 0.1) is 22.0 Å². The summed E-state index contributed by atoms with van der Waals surface area (Å²) < 4.78 is 26.9. The van der Waals surface area contributed by atoms with E-state index in [9.17, 15) is 13.5 Å². The molecule has 0 amide bonds. The van der Waals surface area contributed by atoms with Crippen LogP contribution < -0.4 is 4.72 Å². The van der Waals surface area contributed by atoms with Crippen LogP contribution in [0.2, 0.25) is 5.02 Å². The maximum absolute atomic E-state index is 12.3. The minimum atomic E-state index is -3.97. The molecular weight excluding hydrogens is 358 g/mol. The molecule has 0 aliphatic heterocycles. The quantitative estimate of drug-likeness (QED) is 0.339. The van der Waals surface area contributed by atoms with Crippen LogP contribution in [0.1, 0.15) is 0 Å². The number of halogens is 1. The van der Waals surface area contributed by atoms with Crippen LogP contribution in [0.3, 0.4) is 0 Å². The number of hydrogen-bond donors (Lipinski definition) is 2. The molecule has 0 aliphatic carbocycles. The number of hydrogen-bond acceptors (Lipinski definition) is 5. The van der Waals surface area contributed by atoms with E-state index >= 15 is 0 Å². The van der Waals surface area contributed by atoms with Crippen LogP contribution >= 0.6 is 11.6 Å². The Labute approximate surface area is 140 Å². The van der Waals surface area contributed by atoms with Crippen molar-refractivity contribution in [3.63, 3.8) is 0 Å². The first-order valence-corrected chi connectivity index (χ1v) is 7.99. The van der Waals surface area contributed by atoms with Crippen molar-refractivity contribution in [1.29, 1.82) is 0 Å². The average Bonchev–Trinajstić information content (AvgIpc) is 2.52. The molecule has 0 radical (unpaired) electrons. The zero-order valence-electron chi connectivity index (χ0n) is 11.7. The molecule has 2 N–H and O–H groups in total. The van der Waals surface area contributed by atoms with Gasteiger partial charge in [-0.3, -0.25) is 4.72 Å². The fourth-order valence-electron chi connectivity index (χ4n) is 1.74. The van der Waals surface area contributed by atoms with E-state index in [1.165, 1.54) is 24.3 Å². The van der Waals surface area contributed by atoms with Crippen LogP contribution in [-0.2, 0) is 10.0 Å². The molecule has 0 saturated heterocycles. The third kappa shape index (κ3) is 3.80. The Kier molecular flexibility index (Phi) is 5.02. The molecular formula is C12H8ClN7O3S. The van der Waals surface area contributed by atoms with Gasteiger partial charge in [0.15, 0.2) is 0 Å². The van der Waals surface area contributed by atoms with Gasteiger partial charge in [-0.25, -0.2) is 8.42 Å². The van der Waals surface area contributed by atoms with E-state index in [4.69, 9.17) is 22.7 Å². The number of anilines is 1. The molecule has 10 nitrogen and oxygen atoms in total. The van der Waals surface area contributed by atoms with Crippen LogP contribution in [-0.4, -0.2) is 13.5 Å². The molecule has 0 saturated carbocycles. The van der Waals surface area contributed by atoms with Gasteiger partial charge in [0, 0.05) is 14.8 Å². The second-order valence-electron chi connectivity index (χ2n) is 4.30. The molecule has 0 aromatic heterocycles. The Bertz CT molecular complexity index is 939. The third-order valence-corrected chi connectivity index (χ3v) is 4.40. The molecule has 24 heavy (non-hydrogen) atoms. The van der Waals surface area contributed by atoms with Crippen molar-refractivity contribution < 1.29 is 13.5 Å². The van der Waals surface area contributed by atoms with Crippen molar-refractivity contribution in [2.45, 2.75) is 4.90 Å². The highest BCUT2D eigenvalue weighted by atomic mass is 35.5. The highest BCUT2D eigenvalue weighted by Gasteiger charge is 2.16. The van der Waals surface area contributed by atoms with Gasteiger partial charge in [-0.2, -0.15) is 0 Å². The number of phenolic OH excluding ortho intramolecular Hbond substituents is 1.